The van der Waals surface area contributed by atoms with Crippen LogP contribution in [0.25, 0.3) is 0 Å². The molecule has 0 aromatic rings. The van der Waals surface area contributed by atoms with Crippen molar-refractivity contribution in [2.45, 2.75) is 20.3 Å². The maximum Gasteiger partial charge on any atom is 0.261 e. The van der Waals surface area contributed by atoms with E-state index in [1.54, 1.807) is 26.0 Å². The van der Waals surface area contributed by atoms with Gasteiger partial charge in [-0.15, -0.1) is 0 Å². The summed E-state index contributed by atoms with van der Waals surface area (Å²) in [4.78, 5) is 34.7. The van der Waals surface area contributed by atoms with E-state index in [0.717, 1.165) is 4.90 Å². The number of aldehydes is 1. The minimum absolute atomic E-state index is 0.163. The van der Waals surface area contributed by atoms with Gasteiger partial charge in [-0.1, -0.05) is 12.2 Å². The zero-order valence-electron chi connectivity index (χ0n) is 8.82. The van der Waals surface area contributed by atoms with E-state index in [0.29, 0.717) is 17.4 Å². The third-order valence-corrected chi connectivity index (χ3v) is 2.29. The van der Waals surface area contributed by atoms with Crippen molar-refractivity contribution in [3.8, 4) is 0 Å². The van der Waals surface area contributed by atoms with Crippen molar-refractivity contribution in [3.05, 3.63) is 23.3 Å². The van der Waals surface area contributed by atoms with Gasteiger partial charge in [0.1, 0.15) is 6.29 Å². The fourth-order valence-electron chi connectivity index (χ4n) is 1.56. The summed E-state index contributed by atoms with van der Waals surface area (Å²) in [7, 11) is 0. The predicted octanol–water partition coefficient (Wildman–Crippen LogP) is 0.837. The van der Waals surface area contributed by atoms with Gasteiger partial charge in [0.2, 0.25) is 0 Å². The third-order valence-electron chi connectivity index (χ3n) is 2.29. The standard InChI is InChI=1S/C11H13NO3/c1-3-8-9(4-2)11(15)12(10(8)14)6-5-7-13/h3-4,7H,5-6H2,1-2H3/b8-3+,9-4+. The molecule has 1 aliphatic rings. The highest BCUT2D eigenvalue weighted by molar-refractivity contribution is 6.24. The van der Waals surface area contributed by atoms with E-state index < -0.39 is 0 Å². The van der Waals surface area contributed by atoms with Gasteiger partial charge in [0.05, 0.1) is 0 Å². The molecule has 0 aliphatic carbocycles. The van der Waals surface area contributed by atoms with Crippen LogP contribution in [0.1, 0.15) is 20.3 Å². The Bertz CT molecular complexity index is 336. The number of allylic oxidation sites excluding steroid dienone is 2. The lowest BCUT2D eigenvalue weighted by atomic mass is 10.1. The molecule has 4 nitrogen and oxygen atoms in total. The fourth-order valence-corrected chi connectivity index (χ4v) is 1.56. The van der Waals surface area contributed by atoms with Gasteiger partial charge in [0, 0.05) is 24.1 Å². The Labute approximate surface area is 88.2 Å². The molecule has 4 heteroatoms. The Kier molecular flexibility index (Phi) is 3.55. The molecular formula is C11H13NO3. The molecule has 0 bridgehead atoms. The highest BCUT2D eigenvalue weighted by atomic mass is 16.2. The number of nitrogens with zero attached hydrogens (tertiary/aromatic N) is 1. The zero-order chi connectivity index (χ0) is 11.4. The molecule has 0 aromatic heterocycles. The minimum atomic E-state index is -0.308. The third kappa shape index (κ3) is 1.88. The van der Waals surface area contributed by atoms with E-state index >= 15 is 0 Å². The second-order valence-electron chi connectivity index (χ2n) is 3.12. The summed E-state index contributed by atoms with van der Waals surface area (Å²) >= 11 is 0. The van der Waals surface area contributed by atoms with E-state index in [1.165, 1.54) is 0 Å². The number of hydrogen-bond acceptors (Lipinski definition) is 3. The van der Waals surface area contributed by atoms with Gasteiger partial charge >= 0.3 is 0 Å². The fraction of sp³-hybridized carbons (Fsp3) is 0.364. The normalized spacial score (nSPS) is 21.9. The van der Waals surface area contributed by atoms with E-state index in [9.17, 15) is 14.4 Å². The molecule has 0 radical (unpaired) electrons. The molecule has 80 valence electrons. The summed E-state index contributed by atoms with van der Waals surface area (Å²) in [5.41, 5.74) is 0.849. The van der Waals surface area contributed by atoms with Crippen LogP contribution < -0.4 is 0 Å². The molecule has 0 spiro atoms. The highest BCUT2D eigenvalue weighted by Crippen LogP contribution is 2.24. The van der Waals surface area contributed by atoms with Crippen LogP contribution in [-0.4, -0.2) is 29.5 Å². The van der Waals surface area contributed by atoms with Crippen LogP contribution in [0, 0.1) is 0 Å². The first-order chi connectivity index (χ1) is 7.17. The summed E-state index contributed by atoms with van der Waals surface area (Å²) in [6.07, 6.45) is 4.13. The Hall–Kier alpha value is -1.71. The molecule has 0 atom stereocenters. The molecule has 0 unspecified atom stereocenters. The highest BCUT2D eigenvalue weighted by Gasteiger charge is 2.36. The van der Waals surface area contributed by atoms with Crippen molar-refractivity contribution >= 4 is 18.1 Å². The number of carbonyl (C=O) groups is 3. The summed E-state index contributed by atoms with van der Waals surface area (Å²) < 4.78 is 0. The van der Waals surface area contributed by atoms with Gasteiger partial charge in [0.15, 0.2) is 0 Å². The largest absolute Gasteiger partial charge is 0.303 e. The molecule has 0 aromatic carbocycles. The van der Waals surface area contributed by atoms with Crippen molar-refractivity contribution in [1.82, 2.24) is 4.90 Å². The Balaban J connectivity index is 2.99. The summed E-state index contributed by atoms with van der Waals surface area (Å²) in [6, 6.07) is 0. The van der Waals surface area contributed by atoms with Gasteiger partial charge in [-0.3, -0.25) is 14.5 Å². The van der Waals surface area contributed by atoms with Crippen molar-refractivity contribution in [2.75, 3.05) is 6.54 Å². The number of imide groups is 1. The molecule has 2 amide bonds. The van der Waals surface area contributed by atoms with Crippen molar-refractivity contribution < 1.29 is 14.4 Å². The van der Waals surface area contributed by atoms with Crippen LogP contribution in [-0.2, 0) is 14.4 Å². The molecular weight excluding hydrogens is 194 g/mol. The lowest BCUT2D eigenvalue weighted by Crippen LogP contribution is -2.30. The van der Waals surface area contributed by atoms with E-state index in [1.807, 2.05) is 0 Å². The number of rotatable bonds is 3. The van der Waals surface area contributed by atoms with Gasteiger partial charge in [-0.25, -0.2) is 0 Å². The lowest BCUT2D eigenvalue weighted by Gasteiger charge is -2.09. The number of amides is 2. The van der Waals surface area contributed by atoms with Gasteiger partial charge in [0.25, 0.3) is 11.8 Å². The summed E-state index contributed by atoms with van der Waals surface area (Å²) in [6.45, 7) is 3.59. The van der Waals surface area contributed by atoms with Gasteiger partial charge < -0.3 is 4.79 Å². The van der Waals surface area contributed by atoms with Crippen LogP contribution >= 0.6 is 0 Å². The Morgan fingerprint density at radius 3 is 1.87 bits per heavy atom. The molecule has 0 N–H and O–H groups in total. The number of hydrogen-bond donors (Lipinski definition) is 0. The molecule has 1 aliphatic heterocycles. The van der Waals surface area contributed by atoms with Gasteiger partial charge in [-0.2, -0.15) is 0 Å². The minimum Gasteiger partial charge on any atom is -0.303 e. The topological polar surface area (TPSA) is 54.5 Å². The first kappa shape index (κ1) is 11.4. The Morgan fingerprint density at radius 1 is 1.07 bits per heavy atom. The predicted molar refractivity (Wildman–Crippen MR) is 54.9 cm³/mol. The molecule has 1 heterocycles. The SMILES string of the molecule is C/C=C1/C(=O)N(CCC=O)C(=O)/C1=C/C. The molecule has 15 heavy (non-hydrogen) atoms. The van der Waals surface area contributed by atoms with Crippen LogP contribution in [0.15, 0.2) is 23.3 Å². The van der Waals surface area contributed by atoms with Crippen LogP contribution in [0.2, 0.25) is 0 Å². The molecule has 1 saturated heterocycles. The molecule has 1 fully saturated rings. The van der Waals surface area contributed by atoms with Crippen molar-refractivity contribution in [2.24, 2.45) is 0 Å². The van der Waals surface area contributed by atoms with Crippen molar-refractivity contribution in [1.29, 1.82) is 0 Å². The van der Waals surface area contributed by atoms with Crippen LogP contribution in [0.5, 0.6) is 0 Å². The second kappa shape index (κ2) is 4.68. The van der Waals surface area contributed by atoms with Gasteiger partial charge in [-0.05, 0) is 13.8 Å². The first-order valence-electron chi connectivity index (χ1n) is 4.80. The number of likely N-dealkylation sites (tertiary alicyclic amines) is 1. The van der Waals surface area contributed by atoms with E-state index in [4.69, 9.17) is 0 Å². The maximum atomic E-state index is 11.7. The Morgan fingerprint density at radius 2 is 1.53 bits per heavy atom. The molecule has 0 saturated carbocycles. The summed E-state index contributed by atoms with van der Waals surface area (Å²) in [5.74, 6) is -0.616. The maximum absolute atomic E-state index is 11.7. The smallest absolute Gasteiger partial charge is 0.261 e. The molecule has 1 rings (SSSR count). The monoisotopic (exact) mass is 207 g/mol. The number of carbonyl (C=O) groups excluding carboxylic acids is 3. The quantitative estimate of drug-likeness (QED) is 0.391. The van der Waals surface area contributed by atoms with Crippen molar-refractivity contribution in [3.63, 3.8) is 0 Å². The lowest BCUT2D eigenvalue weighted by molar-refractivity contribution is -0.136. The average Bonchev–Trinajstić information content (AvgIpc) is 2.47. The van der Waals surface area contributed by atoms with E-state index in [2.05, 4.69) is 0 Å². The first-order valence-corrected chi connectivity index (χ1v) is 4.80. The average molecular weight is 207 g/mol. The zero-order valence-corrected chi connectivity index (χ0v) is 8.82. The van der Waals surface area contributed by atoms with E-state index in [-0.39, 0.29) is 24.8 Å². The van der Waals surface area contributed by atoms with Crippen LogP contribution in [0.4, 0.5) is 0 Å². The second-order valence-corrected chi connectivity index (χ2v) is 3.12. The van der Waals surface area contributed by atoms with Crippen LogP contribution in [0.3, 0.4) is 0 Å². The summed E-state index contributed by atoms with van der Waals surface area (Å²) in [5, 5.41) is 0.